The molecule has 0 aliphatic carbocycles. The largest absolute Gasteiger partial charge is 0.282 e. The smallest absolute Gasteiger partial charge is 0.267 e. The van der Waals surface area contributed by atoms with E-state index in [1.54, 1.807) is 30.5 Å². The summed E-state index contributed by atoms with van der Waals surface area (Å²) in [4.78, 5) is 17.7. The molecule has 3 rings (SSSR count). The van der Waals surface area contributed by atoms with Crippen LogP contribution in [-0.4, -0.2) is 15.9 Å². The quantitative estimate of drug-likeness (QED) is 0.465. The number of rotatable bonds is 4. The lowest BCUT2D eigenvalue weighted by molar-refractivity contribution is 0.613. The van der Waals surface area contributed by atoms with Gasteiger partial charge in [-0.05, 0) is 36.8 Å². The maximum atomic E-state index is 13.0. The molecule has 0 radical (unpaired) electrons. The Balaban J connectivity index is 2.20. The number of fused-ring (bicyclic) bond motifs is 1. The molecule has 0 aliphatic rings. The molecule has 0 N–H and O–H groups in total. The summed E-state index contributed by atoms with van der Waals surface area (Å²) in [6.45, 7) is 4.07. The molecule has 0 bridgehead atoms. The molecule has 4 nitrogen and oxygen atoms in total. The highest BCUT2D eigenvalue weighted by molar-refractivity contribution is 9.10. The van der Waals surface area contributed by atoms with Crippen molar-refractivity contribution in [2.24, 2.45) is 5.10 Å². The lowest BCUT2D eigenvalue weighted by Gasteiger charge is -2.14. The predicted octanol–water partition coefficient (Wildman–Crippen LogP) is 5.86. The highest BCUT2D eigenvalue weighted by Gasteiger charge is 2.15. The van der Waals surface area contributed by atoms with Gasteiger partial charge >= 0.3 is 0 Å². The van der Waals surface area contributed by atoms with Crippen LogP contribution in [0.1, 0.15) is 37.6 Å². The van der Waals surface area contributed by atoms with Crippen molar-refractivity contribution in [2.45, 2.75) is 26.2 Å². The fourth-order valence-electron chi connectivity index (χ4n) is 2.51. The predicted molar refractivity (Wildman–Crippen MR) is 112 cm³/mol. The number of nitrogens with zero attached hydrogens (tertiary/aromatic N) is 3. The highest BCUT2D eigenvalue weighted by atomic mass is 79.9. The summed E-state index contributed by atoms with van der Waals surface area (Å²) in [5, 5.41) is 5.91. The van der Waals surface area contributed by atoms with E-state index < -0.39 is 0 Å². The van der Waals surface area contributed by atoms with E-state index in [-0.39, 0.29) is 11.5 Å². The van der Waals surface area contributed by atoms with Gasteiger partial charge < -0.3 is 0 Å². The van der Waals surface area contributed by atoms with E-state index in [1.165, 1.54) is 4.68 Å². The monoisotopic (exact) mass is 451 g/mol. The molecule has 0 saturated heterocycles. The second-order valence-electron chi connectivity index (χ2n) is 5.97. The maximum absolute atomic E-state index is 13.0. The second kappa shape index (κ2) is 7.91. The third-order valence-corrected chi connectivity index (χ3v) is 5.22. The first-order valence-corrected chi connectivity index (χ1v) is 9.67. The summed E-state index contributed by atoms with van der Waals surface area (Å²) in [7, 11) is 0. The van der Waals surface area contributed by atoms with Crippen LogP contribution in [0.15, 0.2) is 50.8 Å². The van der Waals surface area contributed by atoms with Crippen LogP contribution in [-0.2, 0) is 0 Å². The standard InChI is InChI=1S/C19H16BrCl2N3O/c1-3-11(2)18-24-17-7-5-13(20)8-15(17)19(26)25(18)23-10-12-4-6-14(21)9-16(12)22/h4-11H,3H2,1-2H3/t11-/m0/s1. The van der Waals surface area contributed by atoms with Crippen LogP contribution >= 0.6 is 39.1 Å². The van der Waals surface area contributed by atoms with E-state index in [2.05, 4.69) is 26.0 Å². The van der Waals surface area contributed by atoms with Crippen LogP contribution in [0.2, 0.25) is 10.0 Å². The molecule has 1 heterocycles. The third kappa shape index (κ3) is 3.85. The first-order chi connectivity index (χ1) is 12.4. The molecule has 26 heavy (non-hydrogen) atoms. The topological polar surface area (TPSA) is 47.2 Å². The molecule has 0 saturated carbocycles. The lowest BCUT2D eigenvalue weighted by atomic mass is 10.1. The minimum Gasteiger partial charge on any atom is -0.267 e. The molecule has 134 valence electrons. The first-order valence-electron chi connectivity index (χ1n) is 8.12. The average molecular weight is 453 g/mol. The Labute approximate surface area is 169 Å². The molecule has 1 atom stereocenters. The van der Waals surface area contributed by atoms with Crippen molar-refractivity contribution < 1.29 is 0 Å². The van der Waals surface area contributed by atoms with Gasteiger partial charge in [-0.15, -0.1) is 0 Å². The molecule has 2 aromatic carbocycles. The lowest BCUT2D eigenvalue weighted by Crippen LogP contribution is -2.23. The molecule has 1 aromatic heterocycles. The van der Waals surface area contributed by atoms with Crippen LogP contribution in [0.25, 0.3) is 10.9 Å². The van der Waals surface area contributed by atoms with E-state index in [9.17, 15) is 4.79 Å². The van der Waals surface area contributed by atoms with Crippen molar-refractivity contribution in [3.8, 4) is 0 Å². The SMILES string of the molecule is CC[C@H](C)c1nc2ccc(Br)cc2c(=O)n1N=Cc1ccc(Cl)cc1Cl. The summed E-state index contributed by atoms with van der Waals surface area (Å²) >= 11 is 15.5. The van der Waals surface area contributed by atoms with Gasteiger partial charge in [-0.1, -0.05) is 59.0 Å². The first kappa shape index (κ1) is 19.1. The van der Waals surface area contributed by atoms with Crippen molar-refractivity contribution in [1.82, 2.24) is 9.66 Å². The van der Waals surface area contributed by atoms with Crippen molar-refractivity contribution in [3.05, 3.63) is 72.7 Å². The Morgan fingerprint density at radius 1 is 1.27 bits per heavy atom. The normalized spacial score (nSPS) is 12.8. The van der Waals surface area contributed by atoms with Crippen LogP contribution < -0.4 is 5.56 Å². The number of hydrogen-bond acceptors (Lipinski definition) is 3. The Morgan fingerprint density at radius 3 is 2.73 bits per heavy atom. The van der Waals surface area contributed by atoms with Gasteiger partial charge in [0.25, 0.3) is 5.56 Å². The molecule has 0 spiro atoms. The number of aromatic nitrogens is 2. The van der Waals surface area contributed by atoms with E-state index in [0.717, 1.165) is 10.9 Å². The Bertz CT molecular complexity index is 1060. The maximum Gasteiger partial charge on any atom is 0.282 e. The van der Waals surface area contributed by atoms with E-state index in [4.69, 9.17) is 23.2 Å². The zero-order chi connectivity index (χ0) is 18.8. The van der Waals surface area contributed by atoms with Gasteiger partial charge in [-0.25, -0.2) is 4.98 Å². The molecule has 0 unspecified atom stereocenters. The number of benzene rings is 2. The van der Waals surface area contributed by atoms with Crippen LogP contribution in [0, 0.1) is 0 Å². The minimum atomic E-state index is -0.215. The fraction of sp³-hybridized carbons (Fsp3) is 0.211. The van der Waals surface area contributed by atoms with Crippen molar-refractivity contribution in [1.29, 1.82) is 0 Å². The molecule has 0 aliphatic heterocycles. The van der Waals surface area contributed by atoms with Crippen LogP contribution in [0.3, 0.4) is 0 Å². The van der Waals surface area contributed by atoms with Gasteiger partial charge in [-0.2, -0.15) is 9.78 Å². The van der Waals surface area contributed by atoms with Gasteiger partial charge in [-0.3, -0.25) is 4.79 Å². The third-order valence-electron chi connectivity index (χ3n) is 4.16. The molecule has 0 fully saturated rings. The number of hydrogen-bond donors (Lipinski definition) is 0. The minimum absolute atomic E-state index is 0.0774. The Morgan fingerprint density at radius 2 is 2.04 bits per heavy atom. The van der Waals surface area contributed by atoms with Crippen molar-refractivity contribution >= 4 is 56.2 Å². The van der Waals surface area contributed by atoms with Gasteiger partial charge in [0.1, 0.15) is 5.82 Å². The van der Waals surface area contributed by atoms with Crippen LogP contribution in [0.4, 0.5) is 0 Å². The second-order valence-corrected chi connectivity index (χ2v) is 7.73. The van der Waals surface area contributed by atoms with Crippen molar-refractivity contribution in [2.75, 3.05) is 0 Å². The van der Waals surface area contributed by atoms with Gasteiger partial charge in [0.2, 0.25) is 0 Å². The van der Waals surface area contributed by atoms with Gasteiger partial charge in [0.05, 0.1) is 22.1 Å². The van der Waals surface area contributed by atoms with Gasteiger partial charge in [0, 0.05) is 21.0 Å². The summed E-state index contributed by atoms with van der Waals surface area (Å²) in [6.07, 6.45) is 2.39. The fourth-order valence-corrected chi connectivity index (χ4v) is 3.32. The van der Waals surface area contributed by atoms with E-state index in [0.29, 0.717) is 32.3 Å². The molecule has 7 heteroatoms. The van der Waals surface area contributed by atoms with Crippen LogP contribution in [0.5, 0.6) is 0 Å². The van der Waals surface area contributed by atoms with E-state index >= 15 is 0 Å². The molecule has 0 amide bonds. The number of halogens is 3. The van der Waals surface area contributed by atoms with E-state index in [1.807, 2.05) is 26.0 Å². The van der Waals surface area contributed by atoms with Gasteiger partial charge in [0.15, 0.2) is 0 Å². The Kier molecular flexibility index (Phi) is 5.80. The summed E-state index contributed by atoms with van der Waals surface area (Å²) in [5.74, 6) is 0.697. The average Bonchev–Trinajstić information content (AvgIpc) is 2.62. The summed E-state index contributed by atoms with van der Waals surface area (Å²) in [5.41, 5.74) is 1.12. The van der Waals surface area contributed by atoms with Crippen molar-refractivity contribution in [3.63, 3.8) is 0 Å². The summed E-state index contributed by atoms with van der Waals surface area (Å²) in [6, 6.07) is 10.6. The highest BCUT2D eigenvalue weighted by Crippen LogP contribution is 2.22. The zero-order valence-electron chi connectivity index (χ0n) is 14.2. The summed E-state index contributed by atoms with van der Waals surface area (Å²) < 4.78 is 2.17. The Hall–Kier alpha value is -1.69. The zero-order valence-corrected chi connectivity index (χ0v) is 17.3. The molecular weight excluding hydrogens is 437 g/mol. The molecular formula is C19H16BrCl2N3O. The molecule has 3 aromatic rings.